The third kappa shape index (κ3) is 2.26. The van der Waals surface area contributed by atoms with E-state index >= 15 is 0 Å². The van der Waals surface area contributed by atoms with Gasteiger partial charge in [-0.1, -0.05) is 11.8 Å². The third-order valence-corrected chi connectivity index (χ3v) is 4.21. The van der Waals surface area contributed by atoms with Gasteiger partial charge in [-0.15, -0.1) is 0 Å². The molecule has 1 aliphatic rings. The van der Waals surface area contributed by atoms with E-state index in [0.29, 0.717) is 11.4 Å². The van der Waals surface area contributed by atoms with Crippen molar-refractivity contribution < 1.29 is 4.74 Å². The molecule has 1 aromatic rings. The number of nitrogens with two attached hydrogens (primary N) is 1. The van der Waals surface area contributed by atoms with E-state index in [9.17, 15) is 0 Å². The van der Waals surface area contributed by atoms with E-state index in [1.54, 1.807) is 11.8 Å². The first-order chi connectivity index (χ1) is 7.18. The first kappa shape index (κ1) is 10.8. The van der Waals surface area contributed by atoms with Gasteiger partial charge < -0.3 is 10.5 Å². The van der Waals surface area contributed by atoms with Crippen LogP contribution < -0.4 is 5.73 Å². The van der Waals surface area contributed by atoms with E-state index in [4.69, 9.17) is 10.5 Å². The molecule has 0 aliphatic carbocycles. The fourth-order valence-electron chi connectivity index (χ4n) is 1.65. The summed E-state index contributed by atoms with van der Waals surface area (Å²) in [5.74, 6) is 0. The van der Waals surface area contributed by atoms with E-state index in [1.165, 1.54) is 0 Å². The summed E-state index contributed by atoms with van der Waals surface area (Å²) in [6.45, 7) is 4.97. The molecule has 1 fully saturated rings. The van der Waals surface area contributed by atoms with Gasteiger partial charge in [0.25, 0.3) is 0 Å². The van der Waals surface area contributed by atoms with Crippen molar-refractivity contribution in [2.45, 2.75) is 36.6 Å². The van der Waals surface area contributed by atoms with Crippen LogP contribution in [-0.2, 0) is 4.74 Å². The van der Waals surface area contributed by atoms with E-state index < -0.39 is 0 Å². The fraction of sp³-hybridized carbons (Fsp3) is 0.545. The van der Waals surface area contributed by atoms with Crippen LogP contribution in [0.1, 0.15) is 18.9 Å². The lowest BCUT2D eigenvalue weighted by atomic mass is 10.2. The highest BCUT2D eigenvalue weighted by atomic mass is 32.2. The highest BCUT2D eigenvalue weighted by Crippen LogP contribution is 2.34. The second-order valence-electron chi connectivity index (χ2n) is 3.87. The van der Waals surface area contributed by atoms with Gasteiger partial charge in [-0.25, -0.2) is 4.98 Å². The lowest BCUT2D eigenvalue weighted by molar-refractivity contribution is 0.127. The average Bonchev–Trinajstić information content (AvgIpc) is 2.60. The van der Waals surface area contributed by atoms with Crippen molar-refractivity contribution in [3.05, 3.63) is 17.8 Å². The van der Waals surface area contributed by atoms with Crippen molar-refractivity contribution in [3.63, 3.8) is 0 Å². The predicted molar refractivity (Wildman–Crippen MR) is 63.1 cm³/mol. The number of anilines is 1. The van der Waals surface area contributed by atoms with Crippen LogP contribution in [0, 0.1) is 6.92 Å². The van der Waals surface area contributed by atoms with E-state index in [2.05, 4.69) is 11.9 Å². The van der Waals surface area contributed by atoms with E-state index in [-0.39, 0.29) is 0 Å². The molecule has 1 saturated heterocycles. The molecular weight excluding hydrogens is 208 g/mol. The van der Waals surface area contributed by atoms with Crippen LogP contribution in [-0.4, -0.2) is 22.9 Å². The number of aryl methyl sites for hydroxylation is 1. The molecule has 0 bridgehead atoms. The second kappa shape index (κ2) is 4.41. The minimum absolute atomic E-state index is 0.303. The van der Waals surface area contributed by atoms with Gasteiger partial charge in [0.2, 0.25) is 0 Å². The number of thioether (sulfide) groups is 1. The predicted octanol–water partition coefficient (Wildman–Crippen LogP) is 2.24. The summed E-state index contributed by atoms with van der Waals surface area (Å²) >= 11 is 1.74. The van der Waals surface area contributed by atoms with Gasteiger partial charge in [-0.3, -0.25) is 0 Å². The molecule has 0 amide bonds. The minimum Gasteiger partial charge on any atom is -0.396 e. The van der Waals surface area contributed by atoms with Gasteiger partial charge in [-0.2, -0.15) is 0 Å². The number of rotatable bonds is 2. The minimum atomic E-state index is 0.303. The lowest BCUT2D eigenvalue weighted by Gasteiger charge is -2.14. The molecule has 15 heavy (non-hydrogen) atoms. The largest absolute Gasteiger partial charge is 0.396 e. The van der Waals surface area contributed by atoms with Gasteiger partial charge in [0.1, 0.15) is 5.03 Å². The van der Waals surface area contributed by atoms with Crippen molar-refractivity contribution in [3.8, 4) is 0 Å². The Kier molecular flexibility index (Phi) is 3.17. The number of nitrogen functional groups attached to an aromatic ring is 1. The molecular formula is C11H16N2OS. The molecule has 2 heterocycles. The fourth-order valence-corrected chi connectivity index (χ4v) is 2.83. The zero-order valence-corrected chi connectivity index (χ0v) is 9.88. The van der Waals surface area contributed by atoms with E-state index in [1.807, 2.05) is 19.2 Å². The number of ether oxygens (including phenoxy) is 1. The number of pyridine rings is 1. The molecule has 2 unspecified atom stereocenters. The van der Waals surface area contributed by atoms with Crippen LogP contribution in [0.4, 0.5) is 5.69 Å². The van der Waals surface area contributed by atoms with Crippen LogP contribution >= 0.6 is 11.8 Å². The van der Waals surface area contributed by atoms with Gasteiger partial charge in [0.15, 0.2) is 0 Å². The van der Waals surface area contributed by atoms with Gasteiger partial charge in [0, 0.05) is 18.1 Å². The molecule has 2 rings (SSSR count). The normalized spacial score (nSPS) is 25.7. The second-order valence-corrected chi connectivity index (χ2v) is 5.10. The Bertz CT molecular complexity index is 356. The summed E-state index contributed by atoms with van der Waals surface area (Å²) < 4.78 is 5.52. The number of aromatic nitrogens is 1. The summed E-state index contributed by atoms with van der Waals surface area (Å²) in [5, 5.41) is 1.43. The van der Waals surface area contributed by atoms with Crippen LogP contribution in [0.2, 0.25) is 0 Å². The van der Waals surface area contributed by atoms with Crippen LogP contribution in [0.15, 0.2) is 17.3 Å². The van der Waals surface area contributed by atoms with Crippen molar-refractivity contribution in [1.29, 1.82) is 0 Å². The molecule has 0 spiro atoms. The maximum absolute atomic E-state index is 5.98. The molecule has 4 heteroatoms. The topological polar surface area (TPSA) is 48.1 Å². The molecule has 0 saturated carbocycles. The number of hydrogen-bond donors (Lipinski definition) is 1. The molecule has 1 aromatic heterocycles. The molecule has 0 radical (unpaired) electrons. The summed E-state index contributed by atoms with van der Waals surface area (Å²) in [7, 11) is 0. The Morgan fingerprint density at radius 3 is 3.07 bits per heavy atom. The maximum Gasteiger partial charge on any atom is 0.120 e. The van der Waals surface area contributed by atoms with Crippen LogP contribution in [0.25, 0.3) is 0 Å². The Hall–Kier alpha value is -0.740. The van der Waals surface area contributed by atoms with Crippen molar-refractivity contribution >= 4 is 17.4 Å². The van der Waals surface area contributed by atoms with Crippen molar-refractivity contribution in [2.24, 2.45) is 0 Å². The molecule has 2 atom stereocenters. The molecule has 1 aliphatic heterocycles. The quantitative estimate of drug-likeness (QED) is 0.837. The standard InChI is InChI=1S/C11H16N2OS/c1-7-3-5-13-11(10(7)12)15-9-4-6-14-8(9)2/h3,5,8-9H,4,6,12H2,1-2H3. The third-order valence-electron chi connectivity index (χ3n) is 2.74. The van der Waals surface area contributed by atoms with Gasteiger partial charge in [0.05, 0.1) is 11.8 Å². The van der Waals surface area contributed by atoms with Crippen molar-refractivity contribution in [1.82, 2.24) is 4.98 Å². The summed E-state index contributed by atoms with van der Waals surface area (Å²) in [4.78, 5) is 4.32. The molecule has 0 aromatic carbocycles. The smallest absolute Gasteiger partial charge is 0.120 e. The van der Waals surface area contributed by atoms with Crippen molar-refractivity contribution in [2.75, 3.05) is 12.3 Å². The zero-order chi connectivity index (χ0) is 10.8. The Balaban J connectivity index is 2.13. The number of nitrogens with zero attached hydrogens (tertiary/aromatic N) is 1. The van der Waals surface area contributed by atoms with Gasteiger partial charge >= 0.3 is 0 Å². The van der Waals surface area contributed by atoms with Crippen LogP contribution in [0.3, 0.4) is 0 Å². The summed E-state index contributed by atoms with van der Waals surface area (Å²) in [6, 6.07) is 1.94. The highest BCUT2D eigenvalue weighted by Gasteiger charge is 2.26. The number of hydrogen-bond acceptors (Lipinski definition) is 4. The first-order valence-electron chi connectivity index (χ1n) is 5.18. The summed E-state index contributed by atoms with van der Waals surface area (Å²) in [5.41, 5.74) is 7.89. The van der Waals surface area contributed by atoms with Crippen LogP contribution in [0.5, 0.6) is 0 Å². The average molecular weight is 224 g/mol. The highest BCUT2D eigenvalue weighted by molar-refractivity contribution is 8.00. The Labute approximate surface area is 94.4 Å². The first-order valence-corrected chi connectivity index (χ1v) is 6.06. The zero-order valence-electron chi connectivity index (χ0n) is 9.06. The van der Waals surface area contributed by atoms with Gasteiger partial charge in [-0.05, 0) is 31.9 Å². The molecule has 82 valence electrons. The Morgan fingerprint density at radius 2 is 2.40 bits per heavy atom. The Morgan fingerprint density at radius 1 is 1.60 bits per heavy atom. The SMILES string of the molecule is Cc1ccnc(SC2CCOC2C)c1N. The van der Waals surface area contributed by atoms with E-state index in [0.717, 1.165) is 29.3 Å². The maximum atomic E-state index is 5.98. The monoisotopic (exact) mass is 224 g/mol. The molecule has 2 N–H and O–H groups in total. The lowest BCUT2D eigenvalue weighted by Crippen LogP contribution is -2.13. The summed E-state index contributed by atoms with van der Waals surface area (Å²) in [6.07, 6.45) is 3.20. The molecule has 3 nitrogen and oxygen atoms in total.